The van der Waals surface area contributed by atoms with Crippen molar-refractivity contribution in [3.8, 4) is 5.75 Å². The van der Waals surface area contributed by atoms with Crippen LogP contribution in [-0.4, -0.2) is 4.98 Å². The molecule has 0 bridgehead atoms. The lowest BCUT2D eigenvalue weighted by Crippen LogP contribution is -2.26. The average Bonchev–Trinajstić information content (AvgIpc) is 3.25. The van der Waals surface area contributed by atoms with Crippen LogP contribution >= 0.6 is 0 Å². The summed E-state index contributed by atoms with van der Waals surface area (Å²) in [6.07, 6.45) is 8.36. The molecule has 0 aliphatic rings. The lowest BCUT2D eigenvalue weighted by molar-refractivity contribution is 0.303. The van der Waals surface area contributed by atoms with Crippen LogP contribution in [0, 0.1) is 6.92 Å². The second kappa shape index (κ2) is 10.5. The smallest absolute Gasteiger partial charge is 0.204 e. The first-order valence-electron chi connectivity index (χ1n) is 11.4. The Balaban J connectivity index is 1.80. The minimum atomic E-state index is -0.203. The molecule has 0 radical (unpaired) electrons. The molecule has 0 aliphatic carbocycles. The van der Waals surface area contributed by atoms with E-state index in [-0.39, 0.29) is 5.41 Å². The van der Waals surface area contributed by atoms with Crippen molar-refractivity contribution >= 4 is 0 Å². The van der Waals surface area contributed by atoms with E-state index in [0.29, 0.717) is 6.61 Å². The van der Waals surface area contributed by atoms with Crippen molar-refractivity contribution < 1.29 is 9.15 Å². The number of benzene rings is 2. The van der Waals surface area contributed by atoms with Crippen molar-refractivity contribution in [2.75, 3.05) is 0 Å². The summed E-state index contributed by atoms with van der Waals surface area (Å²) < 4.78 is 12.1. The monoisotopic (exact) mass is 405 g/mol. The molecule has 0 amide bonds. The van der Waals surface area contributed by atoms with E-state index in [9.17, 15) is 0 Å². The van der Waals surface area contributed by atoms with Crippen molar-refractivity contribution in [3.05, 3.63) is 83.1 Å². The second-order valence-electron chi connectivity index (χ2n) is 8.14. The fraction of sp³-hybridized carbons (Fsp3) is 0.444. The van der Waals surface area contributed by atoms with Crippen LogP contribution in [0.1, 0.15) is 81.2 Å². The highest BCUT2D eigenvalue weighted by atomic mass is 16.5. The zero-order valence-corrected chi connectivity index (χ0v) is 18.9. The molecule has 0 saturated heterocycles. The molecular formula is C27H35NO2. The quantitative estimate of drug-likeness (QED) is 0.312. The summed E-state index contributed by atoms with van der Waals surface area (Å²) in [7, 11) is 0. The van der Waals surface area contributed by atoms with Gasteiger partial charge in [0.15, 0.2) is 0 Å². The van der Waals surface area contributed by atoms with Crippen molar-refractivity contribution in [3.63, 3.8) is 0 Å². The number of rotatable bonds is 11. The Morgan fingerprint density at radius 2 is 1.73 bits per heavy atom. The summed E-state index contributed by atoms with van der Waals surface area (Å²) in [6, 6.07) is 16.8. The molecule has 3 nitrogen and oxygen atoms in total. The van der Waals surface area contributed by atoms with Crippen molar-refractivity contribution in [2.45, 2.75) is 78.2 Å². The molecule has 0 aliphatic heterocycles. The lowest BCUT2D eigenvalue weighted by Gasteiger charge is -2.29. The van der Waals surface area contributed by atoms with Gasteiger partial charge in [-0.25, -0.2) is 4.98 Å². The molecule has 0 unspecified atom stereocenters. The van der Waals surface area contributed by atoms with Gasteiger partial charge in [0.25, 0.3) is 0 Å². The fourth-order valence-corrected chi connectivity index (χ4v) is 4.13. The standard InChI is InChI=1S/C27H35NO2/c1-5-8-10-15-24-20-30-26(28-24)27(6-2,7-3)23-16-17-25(21(4)18-23)29-19-22-13-11-9-12-14-22/h9,11-14,16-18,20H,5-8,10,15,19H2,1-4H3. The summed E-state index contributed by atoms with van der Waals surface area (Å²) in [5.41, 5.74) is 4.44. The first-order valence-corrected chi connectivity index (χ1v) is 11.4. The Morgan fingerprint density at radius 3 is 2.40 bits per heavy atom. The molecule has 0 saturated carbocycles. The lowest BCUT2D eigenvalue weighted by atomic mass is 9.75. The van der Waals surface area contributed by atoms with E-state index >= 15 is 0 Å². The van der Waals surface area contributed by atoms with Crippen LogP contribution in [0.25, 0.3) is 0 Å². The van der Waals surface area contributed by atoms with Crippen molar-refractivity contribution in [1.29, 1.82) is 0 Å². The van der Waals surface area contributed by atoms with Gasteiger partial charge in [-0.3, -0.25) is 0 Å². The van der Waals surface area contributed by atoms with Crippen molar-refractivity contribution in [1.82, 2.24) is 4.98 Å². The van der Waals surface area contributed by atoms with Gasteiger partial charge in [-0.1, -0.05) is 76.1 Å². The summed E-state index contributed by atoms with van der Waals surface area (Å²) >= 11 is 0. The van der Waals surface area contributed by atoms with Crippen LogP contribution in [0.4, 0.5) is 0 Å². The largest absolute Gasteiger partial charge is 0.489 e. The Kier molecular flexibility index (Phi) is 7.73. The predicted molar refractivity (Wildman–Crippen MR) is 123 cm³/mol. The number of aromatic nitrogens is 1. The molecule has 0 fully saturated rings. The third kappa shape index (κ3) is 4.95. The molecule has 30 heavy (non-hydrogen) atoms. The fourth-order valence-electron chi connectivity index (χ4n) is 4.13. The number of ether oxygens (including phenoxy) is 1. The van der Waals surface area contributed by atoms with Crippen LogP contribution in [0.15, 0.2) is 59.2 Å². The van der Waals surface area contributed by atoms with Crippen LogP contribution in [0.2, 0.25) is 0 Å². The van der Waals surface area contributed by atoms with Crippen molar-refractivity contribution in [2.24, 2.45) is 0 Å². The maximum Gasteiger partial charge on any atom is 0.204 e. The van der Waals surface area contributed by atoms with E-state index in [1.165, 1.54) is 30.4 Å². The van der Waals surface area contributed by atoms with Gasteiger partial charge < -0.3 is 9.15 Å². The molecular weight excluding hydrogens is 370 g/mol. The van der Waals surface area contributed by atoms with E-state index in [4.69, 9.17) is 14.1 Å². The van der Waals surface area contributed by atoms with Gasteiger partial charge >= 0.3 is 0 Å². The number of nitrogens with zero attached hydrogens (tertiary/aromatic N) is 1. The number of hydrogen-bond acceptors (Lipinski definition) is 3. The van der Waals surface area contributed by atoms with Crippen LogP contribution in [-0.2, 0) is 18.4 Å². The summed E-state index contributed by atoms with van der Waals surface area (Å²) in [5, 5.41) is 0. The summed E-state index contributed by atoms with van der Waals surface area (Å²) in [6.45, 7) is 9.36. The Labute approximate surface area is 181 Å². The van der Waals surface area contributed by atoms with E-state index in [1.807, 2.05) is 24.5 Å². The first kappa shape index (κ1) is 22.1. The minimum absolute atomic E-state index is 0.203. The Hall–Kier alpha value is -2.55. The highest BCUT2D eigenvalue weighted by Crippen LogP contribution is 2.40. The van der Waals surface area contributed by atoms with Crippen LogP contribution in [0.5, 0.6) is 5.75 Å². The predicted octanol–water partition coefficient (Wildman–Crippen LogP) is 7.40. The number of oxazole rings is 1. The van der Waals surface area contributed by atoms with Gasteiger partial charge in [-0.05, 0) is 55.4 Å². The van der Waals surface area contributed by atoms with Gasteiger partial charge in [0.2, 0.25) is 5.89 Å². The molecule has 0 spiro atoms. The van der Waals surface area contributed by atoms with Gasteiger partial charge in [0, 0.05) is 0 Å². The van der Waals surface area contributed by atoms with E-state index in [0.717, 1.165) is 42.2 Å². The van der Waals surface area contributed by atoms with Gasteiger partial charge in [-0.2, -0.15) is 0 Å². The molecule has 3 aromatic rings. The number of unbranched alkanes of at least 4 members (excludes halogenated alkanes) is 2. The zero-order valence-electron chi connectivity index (χ0n) is 18.9. The SMILES string of the molecule is CCCCCc1coc(C(CC)(CC)c2ccc(OCc3ccccc3)c(C)c2)n1. The number of hydrogen-bond donors (Lipinski definition) is 0. The molecule has 1 heterocycles. The maximum atomic E-state index is 6.08. The number of aryl methyl sites for hydroxylation is 2. The molecule has 0 N–H and O–H groups in total. The molecule has 0 atom stereocenters. The highest BCUT2D eigenvalue weighted by Gasteiger charge is 2.36. The van der Waals surface area contributed by atoms with Crippen LogP contribution < -0.4 is 4.74 Å². The molecule has 160 valence electrons. The van der Waals surface area contributed by atoms with E-state index in [2.05, 4.69) is 58.0 Å². The maximum absolute atomic E-state index is 6.08. The topological polar surface area (TPSA) is 35.3 Å². The molecule has 1 aromatic heterocycles. The Bertz CT molecular complexity index is 910. The van der Waals surface area contributed by atoms with E-state index in [1.54, 1.807) is 0 Å². The van der Waals surface area contributed by atoms with Gasteiger partial charge in [0.05, 0.1) is 11.1 Å². The molecule has 3 heteroatoms. The summed E-state index contributed by atoms with van der Waals surface area (Å²) in [4.78, 5) is 4.90. The highest BCUT2D eigenvalue weighted by molar-refractivity contribution is 5.42. The Morgan fingerprint density at radius 1 is 0.967 bits per heavy atom. The molecule has 3 rings (SSSR count). The van der Waals surface area contributed by atoms with Gasteiger partial charge in [0.1, 0.15) is 18.6 Å². The normalized spacial score (nSPS) is 11.6. The minimum Gasteiger partial charge on any atom is -0.489 e. The van der Waals surface area contributed by atoms with E-state index < -0.39 is 0 Å². The first-order chi connectivity index (χ1) is 14.6. The summed E-state index contributed by atoms with van der Waals surface area (Å²) in [5.74, 6) is 1.77. The average molecular weight is 406 g/mol. The third-order valence-electron chi connectivity index (χ3n) is 6.17. The van der Waals surface area contributed by atoms with Gasteiger partial charge in [-0.15, -0.1) is 0 Å². The molecule has 2 aromatic carbocycles. The zero-order chi connectivity index (χ0) is 21.4. The third-order valence-corrected chi connectivity index (χ3v) is 6.17. The van der Waals surface area contributed by atoms with Crippen LogP contribution in [0.3, 0.4) is 0 Å². The second-order valence-corrected chi connectivity index (χ2v) is 8.14.